The molecule has 0 aliphatic heterocycles. The first-order chi connectivity index (χ1) is 11.8. The summed E-state index contributed by atoms with van der Waals surface area (Å²) in [5, 5.41) is 17.1. The maximum Gasteiger partial charge on any atom is 0.345 e. The van der Waals surface area contributed by atoms with Gasteiger partial charge >= 0.3 is 5.97 Å². The largest absolute Gasteiger partial charge is 0.396 e. The van der Waals surface area contributed by atoms with Crippen molar-refractivity contribution in [2.24, 2.45) is 5.92 Å². The number of aliphatic hydroxyl groups is 1. The summed E-state index contributed by atoms with van der Waals surface area (Å²) in [6.45, 7) is 2.28. The highest BCUT2D eigenvalue weighted by Crippen LogP contribution is 2.16. The molecular weight excluding hydrogens is 304 g/mol. The van der Waals surface area contributed by atoms with Crippen LogP contribution >= 0.6 is 0 Å². The van der Waals surface area contributed by atoms with Crippen LogP contribution in [0.1, 0.15) is 96.8 Å². The topological polar surface area (TPSA) is 66.8 Å². The van der Waals surface area contributed by atoms with Gasteiger partial charge in [0.05, 0.1) is 5.92 Å². The van der Waals surface area contributed by atoms with Gasteiger partial charge in [-0.2, -0.15) is 5.26 Å². The Hall–Kier alpha value is -0.870. The Morgan fingerprint density at radius 2 is 1.38 bits per heavy atom. The molecule has 0 heterocycles. The second-order valence-corrected chi connectivity index (χ2v) is 6.61. The van der Waals surface area contributed by atoms with Gasteiger partial charge < -0.3 is 9.99 Å². The summed E-state index contributed by atoms with van der Waals surface area (Å²) in [6, 6.07) is 0. The second-order valence-electron chi connectivity index (χ2n) is 6.61. The third-order valence-corrected chi connectivity index (χ3v) is 4.54. The van der Waals surface area contributed by atoms with Crippen molar-refractivity contribution < 1.29 is 20.0 Å². The van der Waals surface area contributed by atoms with E-state index in [1.165, 1.54) is 44.9 Å². The van der Waals surface area contributed by atoms with E-state index in [0.29, 0.717) is 6.61 Å². The molecule has 24 heavy (non-hydrogen) atoms. The first-order valence-electron chi connectivity index (χ1n) is 9.87. The first-order valence-corrected chi connectivity index (χ1v) is 9.87. The third kappa shape index (κ3) is 14.7. The number of hydrogen-bond acceptors (Lipinski definition) is 4. The number of unbranched alkanes of at least 4 members (excludes halogenated alkanes) is 10. The van der Waals surface area contributed by atoms with Crippen molar-refractivity contribution in [2.45, 2.75) is 96.8 Å². The van der Waals surface area contributed by atoms with Gasteiger partial charge in [0.25, 0.3) is 0 Å². The lowest BCUT2D eigenvalue weighted by molar-refractivity contribution is -0.239. The molecule has 0 saturated heterocycles. The van der Waals surface area contributed by atoms with Crippen molar-refractivity contribution in [3.63, 3.8) is 0 Å². The smallest absolute Gasteiger partial charge is 0.345 e. The minimum Gasteiger partial charge on any atom is -0.396 e. The maximum atomic E-state index is 11.2. The highest BCUT2D eigenvalue weighted by atomic mass is 17.1. The zero-order chi connectivity index (χ0) is 17.9. The molecule has 0 radical (unpaired) electrons. The number of rotatable bonds is 17. The quantitative estimate of drug-likeness (QED) is 0.155. The molecule has 0 saturated carbocycles. The minimum absolute atomic E-state index is 0.154. The third-order valence-electron chi connectivity index (χ3n) is 4.54. The van der Waals surface area contributed by atoms with E-state index in [4.69, 9.17) is 10.4 Å². The SMILES string of the molecule is CCC(CCCCCC/C=C\CCCCCCCCO)C(=O)OO. The normalized spacial score (nSPS) is 12.6. The van der Waals surface area contributed by atoms with Crippen molar-refractivity contribution in [1.82, 2.24) is 0 Å². The van der Waals surface area contributed by atoms with E-state index in [1.807, 2.05) is 6.92 Å². The van der Waals surface area contributed by atoms with E-state index in [2.05, 4.69) is 17.0 Å². The van der Waals surface area contributed by atoms with Gasteiger partial charge in [-0.3, -0.25) is 0 Å². The Morgan fingerprint density at radius 3 is 1.88 bits per heavy atom. The summed E-state index contributed by atoms with van der Waals surface area (Å²) in [4.78, 5) is 15.1. The predicted molar refractivity (Wildman–Crippen MR) is 98.7 cm³/mol. The lowest BCUT2D eigenvalue weighted by Crippen LogP contribution is -2.15. The van der Waals surface area contributed by atoms with Gasteiger partial charge in [-0.15, -0.1) is 0 Å². The molecule has 0 aromatic rings. The van der Waals surface area contributed by atoms with Gasteiger partial charge in [0.15, 0.2) is 0 Å². The molecule has 0 aliphatic rings. The Morgan fingerprint density at radius 1 is 0.875 bits per heavy atom. The fraction of sp³-hybridized carbons (Fsp3) is 0.850. The van der Waals surface area contributed by atoms with Gasteiger partial charge in [-0.1, -0.05) is 64.0 Å². The van der Waals surface area contributed by atoms with E-state index >= 15 is 0 Å². The molecular formula is C20H38O4. The Kier molecular flexibility index (Phi) is 17.8. The second kappa shape index (κ2) is 18.5. The minimum atomic E-state index is -0.492. The van der Waals surface area contributed by atoms with E-state index in [1.54, 1.807) is 0 Å². The van der Waals surface area contributed by atoms with Crippen LogP contribution in [0.5, 0.6) is 0 Å². The molecule has 1 unspecified atom stereocenters. The van der Waals surface area contributed by atoms with Crippen LogP contribution in [0, 0.1) is 5.92 Å². The predicted octanol–water partition coefficient (Wildman–Crippen LogP) is 5.65. The molecule has 0 fully saturated rings. The number of carbonyl (C=O) groups is 1. The lowest BCUT2D eigenvalue weighted by Gasteiger charge is -2.10. The van der Waals surface area contributed by atoms with Crippen LogP contribution in [-0.2, 0) is 9.68 Å². The van der Waals surface area contributed by atoms with Crippen molar-refractivity contribution in [3.05, 3.63) is 12.2 Å². The summed E-state index contributed by atoms with van der Waals surface area (Å²) in [7, 11) is 0. The molecule has 4 heteroatoms. The average Bonchev–Trinajstić information content (AvgIpc) is 2.61. The van der Waals surface area contributed by atoms with Crippen LogP contribution < -0.4 is 0 Å². The van der Waals surface area contributed by atoms with E-state index in [-0.39, 0.29) is 5.92 Å². The standard InChI is InChI=1S/C20H38O4/c1-2-19(20(22)24-23)17-15-13-11-9-7-5-3-4-6-8-10-12-14-16-18-21/h3,5,19,21,23H,2,4,6-18H2,1H3/b5-3-. The number of allylic oxidation sites excluding steroid dienone is 2. The molecule has 0 aromatic carbocycles. The zero-order valence-electron chi connectivity index (χ0n) is 15.5. The molecule has 1 atom stereocenters. The fourth-order valence-electron chi connectivity index (χ4n) is 2.89. The van der Waals surface area contributed by atoms with Gasteiger partial charge in [-0.05, 0) is 44.9 Å². The molecule has 0 aliphatic carbocycles. The van der Waals surface area contributed by atoms with Gasteiger partial charge in [0, 0.05) is 6.61 Å². The van der Waals surface area contributed by atoms with Crippen molar-refractivity contribution in [3.8, 4) is 0 Å². The van der Waals surface area contributed by atoms with Crippen molar-refractivity contribution in [2.75, 3.05) is 6.61 Å². The van der Waals surface area contributed by atoms with E-state index in [9.17, 15) is 4.79 Å². The van der Waals surface area contributed by atoms with Crippen LogP contribution in [0.15, 0.2) is 12.2 Å². The van der Waals surface area contributed by atoms with E-state index < -0.39 is 5.97 Å². The molecule has 4 nitrogen and oxygen atoms in total. The molecule has 0 aromatic heterocycles. The van der Waals surface area contributed by atoms with Crippen molar-refractivity contribution >= 4 is 5.97 Å². The fourth-order valence-corrected chi connectivity index (χ4v) is 2.89. The van der Waals surface area contributed by atoms with Crippen molar-refractivity contribution in [1.29, 1.82) is 0 Å². The summed E-state index contributed by atoms with van der Waals surface area (Å²) in [6.07, 6.45) is 20.2. The highest BCUT2D eigenvalue weighted by Gasteiger charge is 2.17. The van der Waals surface area contributed by atoms with Crippen LogP contribution in [0.4, 0.5) is 0 Å². The number of hydrogen-bond donors (Lipinski definition) is 2. The maximum absolute atomic E-state index is 11.2. The Labute approximate surface area is 148 Å². The zero-order valence-corrected chi connectivity index (χ0v) is 15.5. The molecule has 0 amide bonds. The Bertz CT molecular complexity index is 302. The lowest BCUT2D eigenvalue weighted by atomic mass is 9.98. The van der Waals surface area contributed by atoms with Gasteiger partial charge in [0.2, 0.25) is 0 Å². The molecule has 0 rings (SSSR count). The first kappa shape index (κ1) is 23.1. The summed E-state index contributed by atoms with van der Waals surface area (Å²) in [5.74, 6) is -0.646. The molecule has 2 N–H and O–H groups in total. The molecule has 142 valence electrons. The molecule has 0 spiro atoms. The van der Waals surface area contributed by atoms with Gasteiger partial charge in [-0.25, -0.2) is 4.79 Å². The van der Waals surface area contributed by atoms with Crippen LogP contribution in [0.2, 0.25) is 0 Å². The van der Waals surface area contributed by atoms with E-state index in [0.717, 1.165) is 44.9 Å². The Balaban J connectivity index is 3.30. The number of carbonyl (C=O) groups excluding carboxylic acids is 1. The van der Waals surface area contributed by atoms with Crippen LogP contribution in [-0.4, -0.2) is 22.9 Å². The monoisotopic (exact) mass is 342 g/mol. The van der Waals surface area contributed by atoms with Crippen LogP contribution in [0.3, 0.4) is 0 Å². The average molecular weight is 343 g/mol. The van der Waals surface area contributed by atoms with Gasteiger partial charge in [0.1, 0.15) is 0 Å². The summed E-state index contributed by atoms with van der Waals surface area (Å²) in [5.41, 5.74) is 0. The summed E-state index contributed by atoms with van der Waals surface area (Å²) >= 11 is 0. The molecule has 0 bridgehead atoms. The number of aliphatic hydroxyl groups excluding tert-OH is 1. The highest BCUT2D eigenvalue weighted by molar-refractivity contribution is 5.71. The van der Waals surface area contributed by atoms with Crippen LogP contribution in [0.25, 0.3) is 0 Å². The summed E-state index contributed by atoms with van der Waals surface area (Å²) < 4.78 is 0.